The lowest BCUT2D eigenvalue weighted by Gasteiger charge is -2.38. The number of urea groups is 1. The number of pyridine rings is 1. The van der Waals surface area contributed by atoms with Crippen molar-refractivity contribution in [1.29, 1.82) is 0 Å². The van der Waals surface area contributed by atoms with Crippen molar-refractivity contribution >= 4 is 29.2 Å². The van der Waals surface area contributed by atoms with Gasteiger partial charge in [-0.05, 0) is 37.5 Å². The molecule has 2 unspecified atom stereocenters. The first kappa shape index (κ1) is 19.8. The zero-order chi connectivity index (χ0) is 21.6. The Kier molecular flexibility index (Phi) is 4.82. The van der Waals surface area contributed by atoms with Crippen LogP contribution in [-0.2, 0) is 0 Å². The largest absolute Gasteiger partial charge is 0.393 e. The van der Waals surface area contributed by atoms with Crippen LogP contribution in [0.4, 0.5) is 41.1 Å². The number of hydrogen-bond donors (Lipinski definition) is 1. The highest BCUT2D eigenvalue weighted by Gasteiger charge is 2.43. The molecule has 5 rings (SSSR count). The first-order chi connectivity index (χ1) is 14.9. The molecule has 0 saturated carbocycles. The SMILES string of the molecule is O=C(Nc1ccncn1)N1c2nc(N3CCCC(C(F)(F)F)C3)ccc2N2CCC1C2. The van der Waals surface area contributed by atoms with E-state index in [4.69, 9.17) is 0 Å². The lowest BCUT2D eigenvalue weighted by atomic mass is 9.97. The molecule has 164 valence electrons. The lowest BCUT2D eigenvalue weighted by molar-refractivity contribution is -0.176. The van der Waals surface area contributed by atoms with E-state index in [9.17, 15) is 18.0 Å². The molecule has 3 aliphatic heterocycles. The highest BCUT2D eigenvalue weighted by molar-refractivity contribution is 6.04. The molecule has 2 fully saturated rings. The molecule has 2 aromatic heterocycles. The second-order valence-corrected chi connectivity index (χ2v) is 8.12. The minimum absolute atomic E-state index is 0.0543. The molecule has 2 aromatic rings. The van der Waals surface area contributed by atoms with Crippen molar-refractivity contribution in [3.8, 4) is 0 Å². The maximum atomic E-state index is 13.3. The molecule has 0 spiro atoms. The molecule has 1 N–H and O–H groups in total. The van der Waals surface area contributed by atoms with E-state index in [0.29, 0.717) is 37.0 Å². The fourth-order valence-electron chi connectivity index (χ4n) is 4.62. The van der Waals surface area contributed by atoms with Crippen LogP contribution < -0.4 is 20.0 Å². The minimum atomic E-state index is -4.22. The second-order valence-electron chi connectivity index (χ2n) is 8.12. The van der Waals surface area contributed by atoms with Crippen molar-refractivity contribution in [1.82, 2.24) is 15.0 Å². The van der Waals surface area contributed by atoms with E-state index in [1.54, 1.807) is 21.9 Å². The van der Waals surface area contributed by atoms with Crippen LogP contribution in [-0.4, -0.2) is 59.4 Å². The van der Waals surface area contributed by atoms with Crippen LogP contribution >= 0.6 is 0 Å². The van der Waals surface area contributed by atoms with E-state index in [-0.39, 0.29) is 25.0 Å². The Morgan fingerprint density at radius 3 is 2.74 bits per heavy atom. The van der Waals surface area contributed by atoms with E-state index >= 15 is 0 Å². The molecule has 11 heteroatoms. The predicted molar refractivity (Wildman–Crippen MR) is 109 cm³/mol. The van der Waals surface area contributed by atoms with Gasteiger partial charge in [0, 0.05) is 32.4 Å². The number of anilines is 4. The van der Waals surface area contributed by atoms with Crippen molar-refractivity contribution in [3.63, 3.8) is 0 Å². The summed E-state index contributed by atoms with van der Waals surface area (Å²) in [4.78, 5) is 31.2. The monoisotopic (exact) mass is 433 g/mol. The first-order valence-corrected chi connectivity index (χ1v) is 10.3. The molecule has 8 nitrogen and oxygen atoms in total. The summed E-state index contributed by atoms with van der Waals surface area (Å²) in [5.74, 6) is -0.0414. The number of amides is 2. The minimum Gasteiger partial charge on any atom is -0.366 e. The summed E-state index contributed by atoms with van der Waals surface area (Å²) >= 11 is 0. The van der Waals surface area contributed by atoms with Gasteiger partial charge in [0.15, 0.2) is 5.82 Å². The molecule has 0 radical (unpaired) electrons. The smallest absolute Gasteiger partial charge is 0.366 e. The van der Waals surface area contributed by atoms with Crippen LogP contribution in [0.2, 0.25) is 0 Å². The Morgan fingerprint density at radius 2 is 1.97 bits per heavy atom. The quantitative estimate of drug-likeness (QED) is 0.783. The Labute approximate surface area is 177 Å². The van der Waals surface area contributed by atoms with E-state index in [1.807, 2.05) is 6.07 Å². The lowest BCUT2D eigenvalue weighted by Crippen LogP contribution is -2.48. The molecule has 3 aliphatic rings. The van der Waals surface area contributed by atoms with Crippen molar-refractivity contribution in [3.05, 3.63) is 30.7 Å². The number of alkyl halides is 3. The molecular formula is C20H22F3N7O. The van der Waals surface area contributed by atoms with Crippen molar-refractivity contribution in [2.24, 2.45) is 5.92 Å². The highest BCUT2D eigenvalue weighted by Crippen LogP contribution is 2.41. The van der Waals surface area contributed by atoms with E-state index in [1.165, 1.54) is 12.5 Å². The van der Waals surface area contributed by atoms with Gasteiger partial charge in [0.2, 0.25) is 0 Å². The number of piperidine rings is 1. The van der Waals surface area contributed by atoms with Gasteiger partial charge in [0.25, 0.3) is 0 Å². The summed E-state index contributed by atoms with van der Waals surface area (Å²) in [6, 6.07) is 4.81. The van der Waals surface area contributed by atoms with Crippen molar-refractivity contribution in [2.45, 2.75) is 31.5 Å². The average molecular weight is 433 g/mol. The van der Waals surface area contributed by atoms with Crippen LogP contribution in [0.25, 0.3) is 0 Å². The Morgan fingerprint density at radius 1 is 1.10 bits per heavy atom. The maximum absolute atomic E-state index is 13.3. The Balaban J connectivity index is 1.45. The number of aromatic nitrogens is 3. The fourth-order valence-corrected chi connectivity index (χ4v) is 4.62. The van der Waals surface area contributed by atoms with Gasteiger partial charge in [-0.2, -0.15) is 13.2 Å². The molecule has 0 aromatic carbocycles. The number of fused-ring (bicyclic) bond motifs is 4. The van der Waals surface area contributed by atoms with Crippen LogP contribution in [0.5, 0.6) is 0 Å². The average Bonchev–Trinajstić information content (AvgIpc) is 3.18. The summed E-state index contributed by atoms with van der Waals surface area (Å²) in [7, 11) is 0. The highest BCUT2D eigenvalue weighted by atomic mass is 19.4. The van der Waals surface area contributed by atoms with Gasteiger partial charge in [-0.25, -0.2) is 19.7 Å². The summed E-state index contributed by atoms with van der Waals surface area (Å²) in [6.07, 6.45) is 0.0441. The molecular weight excluding hydrogens is 411 g/mol. The maximum Gasteiger partial charge on any atom is 0.393 e. The number of hydrogen-bond acceptors (Lipinski definition) is 6. The van der Waals surface area contributed by atoms with Crippen LogP contribution in [0.1, 0.15) is 19.3 Å². The molecule has 31 heavy (non-hydrogen) atoms. The molecule has 2 saturated heterocycles. The van der Waals surface area contributed by atoms with Gasteiger partial charge < -0.3 is 9.80 Å². The first-order valence-electron chi connectivity index (χ1n) is 10.3. The van der Waals surface area contributed by atoms with Crippen molar-refractivity contribution in [2.75, 3.05) is 46.2 Å². The topological polar surface area (TPSA) is 77.5 Å². The van der Waals surface area contributed by atoms with Gasteiger partial charge in [-0.3, -0.25) is 10.2 Å². The standard InChI is InChI=1S/C20H22F3N7O/c21-20(22,23)13-2-1-8-29(10-13)17-4-3-15-18(27-17)30(14-6-9-28(15)11-14)19(31)26-16-5-7-24-12-25-16/h3-5,7,12-14H,1-2,6,8-11H2,(H,24,25,26,31). The predicted octanol–water partition coefficient (Wildman–Crippen LogP) is 3.28. The van der Waals surface area contributed by atoms with Crippen molar-refractivity contribution < 1.29 is 18.0 Å². The third-order valence-electron chi connectivity index (χ3n) is 6.18. The molecule has 0 aliphatic carbocycles. The summed E-state index contributed by atoms with van der Waals surface area (Å²) in [5.41, 5.74) is 0.819. The second kappa shape index (κ2) is 7.54. The molecule has 2 atom stereocenters. The van der Waals surface area contributed by atoms with Gasteiger partial charge in [-0.1, -0.05) is 0 Å². The molecule has 2 amide bonds. The van der Waals surface area contributed by atoms with Crippen LogP contribution in [0.15, 0.2) is 30.7 Å². The number of halogens is 3. The molecule has 2 bridgehead atoms. The van der Waals surface area contributed by atoms with E-state index in [0.717, 1.165) is 18.7 Å². The number of nitrogens with one attached hydrogen (secondary N) is 1. The number of rotatable bonds is 2. The zero-order valence-electron chi connectivity index (χ0n) is 16.7. The number of carbonyl (C=O) groups is 1. The van der Waals surface area contributed by atoms with Crippen LogP contribution in [0.3, 0.4) is 0 Å². The van der Waals surface area contributed by atoms with Gasteiger partial charge >= 0.3 is 12.2 Å². The third kappa shape index (κ3) is 3.72. The van der Waals surface area contributed by atoms with E-state index in [2.05, 4.69) is 25.2 Å². The number of carbonyl (C=O) groups excluding carboxylic acids is 1. The normalized spacial score (nSPS) is 23.0. The summed E-state index contributed by atoms with van der Waals surface area (Å²) in [6.45, 7) is 1.90. The van der Waals surface area contributed by atoms with Gasteiger partial charge in [-0.15, -0.1) is 0 Å². The Hall–Kier alpha value is -3.11. The number of nitrogens with zero attached hydrogens (tertiary/aromatic N) is 6. The molecule has 5 heterocycles. The van der Waals surface area contributed by atoms with E-state index < -0.39 is 12.1 Å². The summed E-state index contributed by atoms with van der Waals surface area (Å²) in [5, 5.41) is 2.78. The fraction of sp³-hybridized carbons (Fsp3) is 0.500. The van der Waals surface area contributed by atoms with Crippen LogP contribution in [0, 0.1) is 5.92 Å². The van der Waals surface area contributed by atoms with Gasteiger partial charge in [0.05, 0.1) is 17.6 Å². The summed E-state index contributed by atoms with van der Waals surface area (Å²) < 4.78 is 39.8. The Bertz CT molecular complexity index is 971. The zero-order valence-corrected chi connectivity index (χ0v) is 16.7. The third-order valence-corrected chi connectivity index (χ3v) is 6.18. The van der Waals surface area contributed by atoms with Gasteiger partial charge in [0.1, 0.15) is 18.0 Å².